The van der Waals surface area contributed by atoms with Crippen molar-refractivity contribution >= 4 is 35.6 Å². The highest BCUT2D eigenvalue weighted by atomic mass is 127. The Kier molecular flexibility index (Phi) is 8.47. The number of aliphatic imine (C=N–C) groups is 1. The topological polar surface area (TPSA) is 42.9 Å². The van der Waals surface area contributed by atoms with Gasteiger partial charge in [-0.3, -0.25) is 4.99 Å². The summed E-state index contributed by atoms with van der Waals surface area (Å²) in [6, 6.07) is 9.16. The van der Waals surface area contributed by atoms with Gasteiger partial charge in [0, 0.05) is 38.9 Å². The van der Waals surface area contributed by atoms with Crippen LogP contribution in [0.1, 0.15) is 37.8 Å². The number of nitrogens with zero attached hydrogens (tertiary/aromatic N) is 3. The predicted octanol–water partition coefficient (Wildman–Crippen LogP) is 3.08. The molecule has 2 aliphatic heterocycles. The van der Waals surface area contributed by atoms with Crippen molar-refractivity contribution in [2.24, 2.45) is 10.9 Å². The molecule has 0 spiro atoms. The highest BCUT2D eigenvalue weighted by Gasteiger charge is 2.20. The first-order valence-corrected chi connectivity index (χ1v) is 9.66. The Bertz CT molecular complexity index is 585. The molecule has 0 amide bonds. The van der Waals surface area contributed by atoms with Crippen LogP contribution < -0.4 is 15.5 Å². The number of rotatable bonds is 5. The van der Waals surface area contributed by atoms with E-state index in [2.05, 4.69) is 63.7 Å². The average molecular weight is 471 g/mol. The van der Waals surface area contributed by atoms with Crippen LogP contribution >= 0.6 is 24.0 Å². The molecule has 0 saturated carbocycles. The van der Waals surface area contributed by atoms with Gasteiger partial charge in [0.15, 0.2) is 5.96 Å². The number of hydrogen-bond donors (Lipinski definition) is 2. The summed E-state index contributed by atoms with van der Waals surface area (Å²) >= 11 is 0. The predicted molar refractivity (Wildman–Crippen MR) is 122 cm³/mol. The summed E-state index contributed by atoms with van der Waals surface area (Å²) in [6.07, 6.45) is 3.89. The molecular weight excluding hydrogens is 437 g/mol. The molecule has 2 N–H and O–H groups in total. The van der Waals surface area contributed by atoms with Crippen molar-refractivity contribution in [3.63, 3.8) is 0 Å². The zero-order valence-corrected chi connectivity index (χ0v) is 18.7. The molecule has 2 fully saturated rings. The molecule has 0 radical (unpaired) electrons. The Hall–Kier alpha value is -1.02. The second kappa shape index (κ2) is 10.3. The van der Waals surface area contributed by atoms with Crippen LogP contribution in [0.15, 0.2) is 29.3 Å². The van der Waals surface area contributed by atoms with Crippen LogP contribution in [-0.4, -0.2) is 57.7 Å². The minimum absolute atomic E-state index is 0. The van der Waals surface area contributed by atoms with Crippen molar-refractivity contribution in [2.75, 3.05) is 51.7 Å². The van der Waals surface area contributed by atoms with Gasteiger partial charge in [-0.2, -0.15) is 0 Å². The van der Waals surface area contributed by atoms with Gasteiger partial charge < -0.3 is 20.4 Å². The third kappa shape index (κ3) is 5.74. The number of benzene rings is 1. The third-order valence-electron chi connectivity index (χ3n) is 5.47. The Morgan fingerprint density at radius 3 is 2.69 bits per heavy atom. The average Bonchev–Trinajstić information content (AvgIpc) is 3.30. The van der Waals surface area contributed by atoms with E-state index in [1.165, 1.54) is 56.7 Å². The maximum Gasteiger partial charge on any atom is 0.191 e. The molecule has 1 aromatic rings. The van der Waals surface area contributed by atoms with Gasteiger partial charge in [-0.1, -0.05) is 12.1 Å². The molecule has 2 unspecified atom stereocenters. The first kappa shape index (κ1) is 21.3. The largest absolute Gasteiger partial charge is 0.372 e. The first-order valence-electron chi connectivity index (χ1n) is 9.66. The number of nitrogens with one attached hydrogen (secondary N) is 2. The van der Waals surface area contributed by atoms with Crippen LogP contribution in [0.3, 0.4) is 0 Å². The molecule has 2 heterocycles. The second-order valence-corrected chi connectivity index (χ2v) is 7.53. The molecule has 2 saturated heterocycles. The lowest BCUT2D eigenvalue weighted by atomic mass is 10.1. The van der Waals surface area contributed by atoms with Gasteiger partial charge in [0.2, 0.25) is 0 Å². The van der Waals surface area contributed by atoms with Crippen molar-refractivity contribution < 1.29 is 0 Å². The maximum absolute atomic E-state index is 4.40. The van der Waals surface area contributed by atoms with Crippen LogP contribution in [0, 0.1) is 5.92 Å². The van der Waals surface area contributed by atoms with Gasteiger partial charge in [0.25, 0.3) is 0 Å². The molecule has 0 aromatic heterocycles. The van der Waals surface area contributed by atoms with Gasteiger partial charge in [-0.25, -0.2) is 0 Å². The molecular formula is C20H34IN5. The monoisotopic (exact) mass is 471 g/mol. The van der Waals surface area contributed by atoms with Crippen molar-refractivity contribution in [1.82, 2.24) is 15.5 Å². The maximum atomic E-state index is 4.40. The lowest BCUT2D eigenvalue weighted by Gasteiger charge is -2.22. The molecule has 2 atom stereocenters. The second-order valence-electron chi connectivity index (χ2n) is 7.53. The van der Waals surface area contributed by atoms with E-state index in [-0.39, 0.29) is 30.0 Å². The molecule has 3 rings (SSSR count). The first-order chi connectivity index (χ1) is 12.2. The van der Waals surface area contributed by atoms with Gasteiger partial charge in [0.05, 0.1) is 6.04 Å². The van der Waals surface area contributed by atoms with Crippen LogP contribution in [0.2, 0.25) is 0 Å². The summed E-state index contributed by atoms with van der Waals surface area (Å²) in [7, 11) is 4.05. The van der Waals surface area contributed by atoms with Crippen molar-refractivity contribution in [1.29, 1.82) is 0 Å². The summed E-state index contributed by atoms with van der Waals surface area (Å²) in [5, 5.41) is 7.05. The summed E-state index contributed by atoms with van der Waals surface area (Å²) in [6.45, 7) is 7.95. The van der Waals surface area contributed by atoms with Gasteiger partial charge in [0.1, 0.15) is 0 Å². The van der Waals surface area contributed by atoms with Crippen LogP contribution in [-0.2, 0) is 0 Å². The van der Waals surface area contributed by atoms with E-state index < -0.39 is 0 Å². The van der Waals surface area contributed by atoms with E-state index in [1.807, 2.05) is 7.05 Å². The molecule has 2 aliphatic rings. The summed E-state index contributed by atoms with van der Waals surface area (Å²) < 4.78 is 0. The number of anilines is 1. The van der Waals surface area contributed by atoms with Gasteiger partial charge in [-0.05, 0) is 63.4 Å². The summed E-state index contributed by atoms with van der Waals surface area (Å²) in [5.41, 5.74) is 2.66. The third-order valence-corrected chi connectivity index (χ3v) is 5.47. The highest BCUT2D eigenvalue weighted by Crippen LogP contribution is 2.24. The minimum Gasteiger partial charge on any atom is -0.372 e. The van der Waals surface area contributed by atoms with E-state index >= 15 is 0 Å². The number of hydrogen-bond acceptors (Lipinski definition) is 3. The molecule has 1 aromatic carbocycles. The molecule has 5 nitrogen and oxygen atoms in total. The zero-order valence-electron chi connectivity index (χ0n) is 16.4. The van der Waals surface area contributed by atoms with E-state index in [0.29, 0.717) is 0 Å². The standard InChI is InChI=1S/C20H33N5.HI/c1-16(18-7-6-8-19(13-18)25-10-4-5-11-25)23-20(21-2)22-14-17-9-12-24(3)15-17;/h6-8,13,16-17H,4-5,9-12,14-15H2,1-3H3,(H2,21,22,23);1H. The highest BCUT2D eigenvalue weighted by molar-refractivity contribution is 14.0. The van der Waals surface area contributed by atoms with Gasteiger partial charge >= 0.3 is 0 Å². The number of halogens is 1. The molecule has 0 bridgehead atoms. The van der Waals surface area contributed by atoms with Crippen molar-refractivity contribution in [3.05, 3.63) is 29.8 Å². The quantitative estimate of drug-likeness (QED) is 0.394. The fourth-order valence-corrected chi connectivity index (χ4v) is 3.88. The lowest BCUT2D eigenvalue weighted by Crippen LogP contribution is -2.41. The fraction of sp³-hybridized carbons (Fsp3) is 0.650. The van der Waals surface area contributed by atoms with Crippen LogP contribution in [0.5, 0.6) is 0 Å². The van der Waals surface area contributed by atoms with E-state index in [4.69, 9.17) is 0 Å². The minimum atomic E-state index is 0. The SMILES string of the molecule is CN=C(NCC1CCN(C)C1)NC(C)c1cccc(N2CCCC2)c1.I. The summed E-state index contributed by atoms with van der Waals surface area (Å²) in [4.78, 5) is 9.29. The Balaban J connectivity index is 0.00000243. The number of likely N-dealkylation sites (tertiary alicyclic amines) is 1. The molecule has 26 heavy (non-hydrogen) atoms. The normalized spacial score (nSPS) is 22.2. The summed E-state index contributed by atoms with van der Waals surface area (Å²) in [5.74, 6) is 1.62. The van der Waals surface area contributed by atoms with E-state index in [1.54, 1.807) is 0 Å². The van der Waals surface area contributed by atoms with Crippen molar-refractivity contribution in [3.8, 4) is 0 Å². The van der Waals surface area contributed by atoms with Gasteiger partial charge in [-0.15, -0.1) is 24.0 Å². The fourth-order valence-electron chi connectivity index (χ4n) is 3.88. The number of guanidine groups is 1. The van der Waals surface area contributed by atoms with Crippen molar-refractivity contribution in [2.45, 2.75) is 32.2 Å². The van der Waals surface area contributed by atoms with E-state index in [9.17, 15) is 0 Å². The lowest BCUT2D eigenvalue weighted by molar-refractivity contribution is 0.393. The Morgan fingerprint density at radius 2 is 2.04 bits per heavy atom. The molecule has 0 aliphatic carbocycles. The Morgan fingerprint density at radius 1 is 1.27 bits per heavy atom. The van der Waals surface area contributed by atoms with Crippen LogP contribution in [0.25, 0.3) is 0 Å². The molecule has 146 valence electrons. The van der Waals surface area contributed by atoms with Crippen LogP contribution in [0.4, 0.5) is 5.69 Å². The van der Waals surface area contributed by atoms with E-state index in [0.717, 1.165) is 18.4 Å². The smallest absolute Gasteiger partial charge is 0.191 e. The zero-order chi connectivity index (χ0) is 17.6. The molecule has 6 heteroatoms. The Labute approximate surface area is 175 Å².